The summed E-state index contributed by atoms with van der Waals surface area (Å²) in [6, 6.07) is 20.4. The molecule has 1 saturated heterocycles. The van der Waals surface area contributed by atoms with Gasteiger partial charge in [0, 0.05) is 37.4 Å². The predicted octanol–water partition coefficient (Wildman–Crippen LogP) is 3.82. The quantitative estimate of drug-likeness (QED) is 0.174. The first-order chi connectivity index (χ1) is 25.8. The highest BCUT2D eigenvalue weighted by Crippen LogP contribution is 2.65. The van der Waals surface area contributed by atoms with Crippen LogP contribution < -0.4 is 14.2 Å². The molecule has 1 fully saturated rings. The van der Waals surface area contributed by atoms with Gasteiger partial charge in [-0.15, -0.1) is 0 Å². The van der Waals surface area contributed by atoms with Crippen molar-refractivity contribution in [3.63, 3.8) is 0 Å². The van der Waals surface area contributed by atoms with Gasteiger partial charge in [-0.2, -0.15) is 0 Å². The first-order valence-electron chi connectivity index (χ1n) is 17.4. The fraction of sp³-hybridized carbons (Fsp3) is 0.375. The van der Waals surface area contributed by atoms with Gasteiger partial charge in [-0.25, -0.2) is 9.59 Å². The summed E-state index contributed by atoms with van der Waals surface area (Å²) < 4.78 is 33.0. The van der Waals surface area contributed by atoms with Crippen LogP contribution in [-0.2, 0) is 50.0 Å². The van der Waals surface area contributed by atoms with Crippen LogP contribution in [0, 0.1) is 0 Å². The van der Waals surface area contributed by atoms with Crippen molar-refractivity contribution in [2.75, 3.05) is 20.7 Å². The number of aliphatic carboxylic acids is 1. The van der Waals surface area contributed by atoms with E-state index < -0.39 is 65.6 Å². The number of nitrogens with zero attached hydrogens (tertiary/aromatic N) is 1. The number of esters is 4. The maximum atomic E-state index is 13.2. The van der Waals surface area contributed by atoms with E-state index in [9.17, 15) is 29.1 Å². The molecule has 2 aliphatic heterocycles. The van der Waals surface area contributed by atoms with Gasteiger partial charge in [0.1, 0.15) is 11.5 Å². The van der Waals surface area contributed by atoms with Crippen molar-refractivity contribution in [2.24, 2.45) is 0 Å². The number of aliphatic hydroxyl groups is 1. The average Bonchev–Trinajstić information content (AvgIpc) is 3.50. The highest BCUT2D eigenvalue weighted by molar-refractivity contribution is 5.86. The Morgan fingerprint density at radius 3 is 2.22 bits per heavy atom. The summed E-state index contributed by atoms with van der Waals surface area (Å²) in [4.78, 5) is 61.3. The van der Waals surface area contributed by atoms with Gasteiger partial charge in [0.2, 0.25) is 12.2 Å². The molecule has 3 aromatic carbocycles. The number of carboxylic acid groups (broad SMARTS) is 1. The summed E-state index contributed by atoms with van der Waals surface area (Å²) in [7, 11) is 3.58. The molecule has 2 N–H and O–H groups in total. The lowest BCUT2D eigenvalue weighted by Gasteiger charge is -2.61. The van der Waals surface area contributed by atoms with E-state index in [1.165, 1.54) is 6.92 Å². The molecule has 14 heteroatoms. The van der Waals surface area contributed by atoms with E-state index in [4.69, 9.17) is 28.8 Å². The van der Waals surface area contributed by atoms with Crippen molar-refractivity contribution in [1.29, 1.82) is 0 Å². The van der Waals surface area contributed by atoms with E-state index in [1.807, 2.05) is 19.2 Å². The Morgan fingerprint density at radius 1 is 0.926 bits per heavy atom. The number of carbonyl (C=O) groups excluding carboxylic acids is 4. The lowest BCUT2D eigenvalue weighted by Crippen LogP contribution is -2.74. The Balaban J connectivity index is 0.000000300. The molecule has 0 radical (unpaired) electrons. The highest BCUT2D eigenvalue weighted by Gasteiger charge is 2.72. The highest BCUT2D eigenvalue weighted by atomic mass is 16.6. The molecule has 1 spiro atoms. The lowest BCUT2D eigenvalue weighted by molar-refractivity contribution is -0.172. The van der Waals surface area contributed by atoms with Crippen molar-refractivity contribution in [2.45, 2.75) is 74.9 Å². The van der Waals surface area contributed by atoms with Crippen LogP contribution in [0.2, 0.25) is 0 Å². The lowest BCUT2D eigenvalue weighted by atomic mass is 9.50. The van der Waals surface area contributed by atoms with Crippen molar-refractivity contribution in [3.05, 3.63) is 101 Å². The monoisotopic (exact) mass is 743 g/mol. The van der Waals surface area contributed by atoms with Gasteiger partial charge >= 0.3 is 29.8 Å². The van der Waals surface area contributed by atoms with Gasteiger partial charge < -0.3 is 43.5 Å². The van der Waals surface area contributed by atoms with Crippen molar-refractivity contribution >= 4 is 29.8 Å². The predicted molar refractivity (Wildman–Crippen MR) is 188 cm³/mol. The Kier molecular flexibility index (Phi) is 10.8. The number of rotatable bonds is 10. The molecule has 7 rings (SSSR count). The summed E-state index contributed by atoms with van der Waals surface area (Å²) in [6.07, 6.45) is -0.853. The topological polar surface area (TPSA) is 184 Å². The van der Waals surface area contributed by atoms with Gasteiger partial charge in [-0.3, -0.25) is 14.4 Å². The molecule has 3 aromatic rings. The van der Waals surface area contributed by atoms with E-state index in [2.05, 4.69) is 9.64 Å². The molecular weight excluding hydrogens is 702 g/mol. The second-order valence-corrected chi connectivity index (χ2v) is 13.5. The summed E-state index contributed by atoms with van der Waals surface area (Å²) in [6.45, 7) is 3.05. The summed E-state index contributed by atoms with van der Waals surface area (Å²) in [5.74, 6) is -2.61. The third-order valence-electron chi connectivity index (χ3n) is 10.3. The van der Waals surface area contributed by atoms with Crippen LogP contribution in [0.15, 0.2) is 84.6 Å². The SMILES string of the molecule is CC(=O)O[C@H](C(=O)O)c1ccccc1.COc1ccc2c3c1O[C@H]1C(OC(=O)CC(OC(C)=O)C(=O)Oc4ccccc4)=CC[C@@]4(O)[C@@H](C2)N(C)CC[C@]314. The largest absolute Gasteiger partial charge is 0.493 e. The first kappa shape index (κ1) is 38.0. The summed E-state index contributed by atoms with van der Waals surface area (Å²) in [5.41, 5.74) is 0.453. The van der Waals surface area contributed by atoms with E-state index in [0.717, 1.165) is 24.6 Å². The van der Waals surface area contributed by atoms with Crippen LogP contribution in [0.4, 0.5) is 0 Å². The minimum absolute atomic E-state index is 0.145. The van der Waals surface area contributed by atoms with Gasteiger partial charge in [0.05, 0.1) is 24.5 Å². The van der Waals surface area contributed by atoms with E-state index in [1.54, 1.807) is 73.8 Å². The molecule has 1 unspecified atom stereocenters. The number of hydrogen-bond donors (Lipinski definition) is 2. The van der Waals surface area contributed by atoms with Crippen LogP contribution in [-0.4, -0.2) is 89.5 Å². The maximum Gasteiger partial charge on any atom is 0.353 e. The Bertz CT molecular complexity index is 1960. The number of methoxy groups -OCH3 is 1. The van der Waals surface area contributed by atoms with Crippen molar-refractivity contribution < 1.29 is 62.6 Å². The average molecular weight is 744 g/mol. The molecular formula is C40H41NO13. The van der Waals surface area contributed by atoms with Crippen molar-refractivity contribution in [3.8, 4) is 17.2 Å². The Morgan fingerprint density at radius 2 is 1.59 bits per heavy atom. The molecule has 2 aliphatic carbocycles. The van der Waals surface area contributed by atoms with E-state index >= 15 is 0 Å². The molecule has 54 heavy (non-hydrogen) atoms. The number of hydrogen-bond acceptors (Lipinski definition) is 13. The number of ether oxygens (including phenoxy) is 6. The smallest absolute Gasteiger partial charge is 0.353 e. The Hall–Kier alpha value is -5.73. The molecule has 0 aromatic heterocycles. The fourth-order valence-electron chi connectivity index (χ4n) is 8.01. The molecule has 0 amide bonds. The minimum atomic E-state index is -1.50. The number of carboxylic acids is 1. The van der Waals surface area contributed by atoms with E-state index in [0.29, 0.717) is 29.9 Å². The third kappa shape index (κ3) is 7.01. The van der Waals surface area contributed by atoms with Gasteiger partial charge in [-0.1, -0.05) is 54.6 Å². The normalized spacial score (nSPS) is 24.1. The van der Waals surface area contributed by atoms with Gasteiger partial charge in [-0.05, 0) is 56.3 Å². The number of benzene rings is 3. The van der Waals surface area contributed by atoms with Gasteiger partial charge in [0.25, 0.3) is 0 Å². The number of likely N-dealkylation sites (tertiary alicyclic amines) is 1. The zero-order chi connectivity index (χ0) is 38.8. The van der Waals surface area contributed by atoms with Crippen LogP contribution in [0.5, 0.6) is 17.2 Å². The first-order valence-corrected chi connectivity index (χ1v) is 17.4. The molecule has 4 aliphatic rings. The third-order valence-corrected chi connectivity index (χ3v) is 10.3. The van der Waals surface area contributed by atoms with Crippen LogP contribution in [0.1, 0.15) is 55.9 Å². The molecule has 2 bridgehead atoms. The number of para-hydroxylation sites is 1. The van der Waals surface area contributed by atoms with Crippen LogP contribution in [0.25, 0.3) is 0 Å². The second-order valence-electron chi connectivity index (χ2n) is 13.5. The molecule has 284 valence electrons. The zero-order valence-corrected chi connectivity index (χ0v) is 30.2. The van der Waals surface area contributed by atoms with Crippen LogP contribution >= 0.6 is 0 Å². The minimum Gasteiger partial charge on any atom is -0.493 e. The maximum absolute atomic E-state index is 13.2. The fourth-order valence-corrected chi connectivity index (χ4v) is 8.01. The second kappa shape index (κ2) is 15.3. The summed E-state index contributed by atoms with van der Waals surface area (Å²) in [5, 5.41) is 21.1. The Labute approximate surface area is 311 Å². The van der Waals surface area contributed by atoms with Crippen LogP contribution in [0.3, 0.4) is 0 Å². The van der Waals surface area contributed by atoms with E-state index in [-0.39, 0.29) is 24.0 Å². The molecule has 2 heterocycles. The van der Waals surface area contributed by atoms with Crippen molar-refractivity contribution in [1.82, 2.24) is 4.90 Å². The number of likely N-dealkylation sites (N-methyl/N-ethyl adjacent to an activating group) is 1. The summed E-state index contributed by atoms with van der Waals surface area (Å²) >= 11 is 0. The molecule has 14 nitrogen and oxygen atoms in total. The standard InChI is InChI=1S/C30H31NO9.C10H10O4/c1-17(32)37-22(28(34)38-19-7-5-4-6-8-19)16-24(33)39-21-11-12-30(35)23-15-18-9-10-20(36-3)26-25(18)29(30,27(21)40-26)13-14-31(23)2;1-7(11)14-9(10(12)13)8-5-3-2-4-6-8/h4-11,22-23,27,35H,12-16H2,1-3H3;2-6,9H,1H3,(H,12,13)/t22?,23-,27+,29+,30-;9-/m10/s1. The zero-order valence-electron chi connectivity index (χ0n) is 30.2. The van der Waals surface area contributed by atoms with Gasteiger partial charge in [0.15, 0.2) is 17.6 Å². The number of carbonyl (C=O) groups is 5. The molecule has 0 saturated carbocycles. The number of piperidine rings is 1. The molecule has 6 atom stereocenters.